The highest BCUT2D eigenvalue weighted by Crippen LogP contribution is 2.44. The van der Waals surface area contributed by atoms with E-state index in [1.807, 2.05) is 0 Å². The summed E-state index contributed by atoms with van der Waals surface area (Å²) in [5.41, 5.74) is 0.473. The zero-order valence-corrected chi connectivity index (χ0v) is 18.7. The third-order valence-electron chi connectivity index (χ3n) is 4.47. The van der Waals surface area contributed by atoms with Crippen LogP contribution in [0.15, 0.2) is 33.5 Å². The molecule has 1 aromatic heterocycles. The second kappa shape index (κ2) is 9.17. The predicted octanol–water partition coefficient (Wildman–Crippen LogP) is 4.23. The molecule has 3 aromatic rings. The molecule has 0 unspecified atom stereocenters. The Kier molecular flexibility index (Phi) is 6.61. The highest BCUT2D eigenvalue weighted by atomic mass is 79.9. The molecule has 0 saturated heterocycles. The molecule has 8 nitrogen and oxygen atoms in total. The van der Waals surface area contributed by atoms with Crippen LogP contribution in [-0.2, 0) is 0 Å². The van der Waals surface area contributed by atoms with E-state index in [1.54, 1.807) is 24.3 Å². The average molecular weight is 481 g/mol. The van der Waals surface area contributed by atoms with E-state index in [0.717, 1.165) is 0 Å². The summed E-state index contributed by atoms with van der Waals surface area (Å²) in [5.74, 6) is 2.23. The number of hydrogen-bond donors (Lipinski definition) is 0. The van der Waals surface area contributed by atoms with Crippen molar-refractivity contribution in [2.75, 3.05) is 41.1 Å². The van der Waals surface area contributed by atoms with Crippen molar-refractivity contribution in [3.63, 3.8) is 0 Å². The third kappa shape index (κ3) is 3.72. The summed E-state index contributed by atoms with van der Waals surface area (Å²) >= 11 is 3.21. The van der Waals surface area contributed by atoms with Crippen molar-refractivity contribution in [3.8, 4) is 45.8 Å². The van der Waals surface area contributed by atoms with Gasteiger partial charge in [0.25, 0.3) is 0 Å². The first-order chi connectivity index (χ1) is 14.5. The second-order valence-corrected chi connectivity index (χ2v) is 6.42. The molecule has 0 spiro atoms. The maximum absolute atomic E-state index is 13.3. The first-order valence-corrected chi connectivity index (χ1v) is 9.87. The van der Waals surface area contributed by atoms with Gasteiger partial charge in [0, 0.05) is 17.7 Å². The van der Waals surface area contributed by atoms with Crippen molar-refractivity contribution in [2.24, 2.45) is 0 Å². The van der Waals surface area contributed by atoms with Gasteiger partial charge in [-0.05, 0) is 28.1 Å². The number of methoxy groups -OCH3 is 5. The van der Waals surface area contributed by atoms with Crippen LogP contribution in [0.4, 0.5) is 0 Å². The van der Waals surface area contributed by atoms with Gasteiger partial charge in [0.15, 0.2) is 17.3 Å². The molecule has 1 heterocycles. The molecule has 9 heteroatoms. The van der Waals surface area contributed by atoms with Crippen LogP contribution in [0.5, 0.6) is 34.5 Å². The topological polar surface area (TPSA) is 85.6 Å². The molecule has 2 aromatic carbocycles. The molecule has 0 amide bonds. The molecule has 3 rings (SSSR count). The van der Waals surface area contributed by atoms with Gasteiger partial charge in [0.05, 0.1) is 35.5 Å². The zero-order valence-electron chi connectivity index (χ0n) is 17.2. The molecule has 0 aliphatic carbocycles. The van der Waals surface area contributed by atoms with Crippen molar-refractivity contribution in [3.05, 3.63) is 34.5 Å². The van der Waals surface area contributed by atoms with Crippen LogP contribution in [0.25, 0.3) is 22.3 Å². The van der Waals surface area contributed by atoms with Crippen LogP contribution in [0, 0.1) is 0 Å². The lowest BCUT2D eigenvalue weighted by Crippen LogP contribution is -2.10. The Morgan fingerprint density at radius 2 is 1.43 bits per heavy atom. The largest absolute Gasteiger partial charge is 0.496 e. The van der Waals surface area contributed by atoms with E-state index in [0.29, 0.717) is 34.3 Å². The van der Waals surface area contributed by atoms with E-state index in [9.17, 15) is 4.79 Å². The summed E-state index contributed by atoms with van der Waals surface area (Å²) in [4.78, 5) is 13.3. The Bertz CT molecular complexity index is 1100. The highest BCUT2D eigenvalue weighted by molar-refractivity contribution is 9.09. The number of ether oxygens (including phenoxy) is 6. The summed E-state index contributed by atoms with van der Waals surface area (Å²) in [5, 5.41) is 0.241. The van der Waals surface area contributed by atoms with Crippen LogP contribution in [0.2, 0.25) is 0 Å². The number of halogens is 1. The van der Waals surface area contributed by atoms with Gasteiger partial charge >= 0.3 is 0 Å². The second-order valence-electron chi connectivity index (χ2n) is 5.96. The van der Waals surface area contributed by atoms with Crippen molar-refractivity contribution in [1.29, 1.82) is 0 Å². The molecular weight excluding hydrogens is 460 g/mol. The Morgan fingerprint density at radius 3 is 1.93 bits per heavy atom. The number of hydrogen-bond acceptors (Lipinski definition) is 8. The van der Waals surface area contributed by atoms with Gasteiger partial charge in [-0.15, -0.1) is 0 Å². The van der Waals surface area contributed by atoms with E-state index in [1.165, 1.54) is 35.5 Å². The van der Waals surface area contributed by atoms with Crippen molar-refractivity contribution in [2.45, 2.75) is 0 Å². The van der Waals surface area contributed by atoms with Gasteiger partial charge in [0.1, 0.15) is 28.0 Å². The Morgan fingerprint density at radius 1 is 0.800 bits per heavy atom. The quantitative estimate of drug-likeness (QED) is 0.442. The monoisotopic (exact) mass is 480 g/mol. The normalized spacial score (nSPS) is 10.6. The Balaban J connectivity index is 2.40. The van der Waals surface area contributed by atoms with E-state index in [-0.39, 0.29) is 33.4 Å². The fourth-order valence-electron chi connectivity index (χ4n) is 3.11. The molecule has 0 aliphatic rings. The van der Waals surface area contributed by atoms with Gasteiger partial charge in [-0.1, -0.05) is 0 Å². The smallest absolute Gasteiger partial charge is 0.239 e. The molecule has 0 bridgehead atoms. The lowest BCUT2D eigenvalue weighted by atomic mass is 10.1. The van der Waals surface area contributed by atoms with Gasteiger partial charge in [0.2, 0.25) is 16.9 Å². The van der Waals surface area contributed by atoms with Gasteiger partial charge in [-0.3, -0.25) is 4.79 Å². The fourth-order valence-corrected chi connectivity index (χ4v) is 3.34. The number of rotatable bonds is 8. The predicted molar refractivity (Wildman–Crippen MR) is 115 cm³/mol. The molecular formula is C21H21BrO8. The maximum Gasteiger partial charge on any atom is 0.239 e. The molecule has 0 N–H and O–H groups in total. The highest BCUT2D eigenvalue weighted by Gasteiger charge is 2.24. The molecule has 30 heavy (non-hydrogen) atoms. The summed E-state index contributed by atoms with van der Waals surface area (Å²) in [6, 6.07) is 6.56. The van der Waals surface area contributed by atoms with Crippen molar-refractivity contribution >= 4 is 26.9 Å². The van der Waals surface area contributed by atoms with Crippen LogP contribution < -0.4 is 33.8 Å². The van der Waals surface area contributed by atoms with E-state index in [4.69, 9.17) is 32.8 Å². The van der Waals surface area contributed by atoms with Crippen molar-refractivity contribution in [1.82, 2.24) is 0 Å². The fraction of sp³-hybridized carbons (Fsp3) is 0.286. The van der Waals surface area contributed by atoms with Gasteiger partial charge in [-0.25, -0.2) is 0 Å². The average Bonchev–Trinajstić information content (AvgIpc) is 2.78. The minimum Gasteiger partial charge on any atom is -0.496 e. The van der Waals surface area contributed by atoms with Crippen molar-refractivity contribution < 1.29 is 32.8 Å². The van der Waals surface area contributed by atoms with Crippen LogP contribution in [-0.4, -0.2) is 41.1 Å². The molecule has 0 fully saturated rings. The first kappa shape index (κ1) is 21.6. The zero-order chi connectivity index (χ0) is 21.8. The van der Waals surface area contributed by atoms with Gasteiger partial charge in [-0.2, -0.15) is 0 Å². The first-order valence-electron chi connectivity index (χ1n) is 8.74. The molecule has 0 atom stereocenters. The molecule has 160 valence electrons. The molecule has 0 aliphatic heterocycles. The lowest BCUT2D eigenvalue weighted by molar-refractivity contribution is 0.324. The maximum atomic E-state index is 13.3. The van der Waals surface area contributed by atoms with E-state index in [2.05, 4.69) is 15.9 Å². The lowest BCUT2D eigenvalue weighted by Gasteiger charge is -2.16. The summed E-state index contributed by atoms with van der Waals surface area (Å²) < 4.78 is 38.6. The third-order valence-corrected chi connectivity index (χ3v) is 4.70. The molecule has 0 saturated carbocycles. The Hall–Kier alpha value is -3.07. The minimum absolute atomic E-state index is 0.0112. The number of fused-ring (bicyclic) bond motifs is 1. The molecule has 0 radical (unpaired) electrons. The SMILES string of the molecule is COc1cc(OC)c2c(=O)c(OCBr)c(-c3cc(OC)c(OC)c(OC)c3)oc2c1. The van der Waals surface area contributed by atoms with E-state index >= 15 is 0 Å². The van der Waals surface area contributed by atoms with Crippen LogP contribution >= 0.6 is 15.9 Å². The number of benzene rings is 2. The van der Waals surface area contributed by atoms with Crippen LogP contribution in [0.3, 0.4) is 0 Å². The van der Waals surface area contributed by atoms with Gasteiger partial charge < -0.3 is 32.8 Å². The number of alkyl halides is 1. The Labute approximate surface area is 181 Å². The minimum atomic E-state index is -0.390. The summed E-state index contributed by atoms with van der Waals surface area (Å²) in [7, 11) is 7.49. The standard InChI is InChI=1S/C21H21BrO8/c1-24-12-8-13(25-2)17-14(9-12)30-19(21(18(17)23)29-10-22)11-6-15(26-3)20(28-5)16(7-11)27-4/h6-9H,10H2,1-5H3. The summed E-state index contributed by atoms with van der Waals surface area (Å²) in [6.45, 7) is 0. The summed E-state index contributed by atoms with van der Waals surface area (Å²) in [6.07, 6.45) is 0. The van der Waals surface area contributed by atoms with E-state index < -0.39 is 0 Å². The van der Waals surface area contributed by atoms with Crippen LogP contribution in [0.1, 0.15) is 0 Å².